The van der Waals surface area contributed by atoms with Crippen LogP contribution in [0.25, 0.3) is 0 Å². The summed E-state index contributed by atoms with van der Waals surface area (Å²) in [6.45, 7) is 0.126. The van der Waals surface area contributed by atoms with E-state index < -0.39 is 46.2 Å². The molecule has 0 spiro atoms. The van der Waals surface area contributed by atoms with Crippen LogP contribution in [0.3, 0.4) is 0 Å². The zero-order valence-electron chi connectivity index (χ0n) is 14.3. The first-order chi connectivity index (χ1) is 13.3. The summed E-state index contributed by atoms with van der Waals surface area (Å²) in [5.74, 6) is -1.92. The lowest BCUT2D eigenvalue weighted by molar-refractivity contribution is -0.119. The van der Waals surface area contributed by atoms with E-state index in [1.165, 1.54) is 23.1 Å². The number of cyclic esters (lactones) is 1. The van der Waals surface area contributed by atoms with Gasteiger partial charge in [-0.15, -0.1) is 11.8 Å². The van der Waals surface area contributed by atoms with E-state index in [-0.39, 0.29) is 24.3 Å². The summed E-state index contributed by atoms with van der Waals surface area (Å²) in [5.41, 5.74) is -0.561. The molecule has 152 valence electrons. The van der Waals surface area contributed by atoms with Crippen LogP contribution in [0, 0.1) is 5.82 Å². The van der Waals surface area contributed by atoms with Crippen LogP contribution >= 0.6 is 35.0 Å². The number of alkyl halides is 2. The van der Waals surface area contributed by atoms with Gasteiger partial charge in [0.05, 0.1) is 24.9 Å². The number of anilines is 1. The fourth-order valence-corrected chi connectivity index (χ4v) is 3.86. The van der Waals surface area contributed by atoms with Gasteiger partial charge in [0, 0.05) is 5.92 Å². The first-order valence-corrected chi connectivity index (χ1v) is 10.1. The largest absolute Gasteiger partial charge is 0.442 e. The van der Waals surface area contributed by atoms with Crippen molar-refractivity contribution in [3.63, 3.8) is 0 Å². The second kappa shape index (κ2) is 8.87. The number of hydrogen-bond acceptors (Lipinski definition) is 6. The van der Waals surface area contributed by atoms with Gasteiger partial charge in [-0.3, -0.25) is 9.69 Å². The summed E-state index contributed by atoms with van der Waals surface area (Å²) in [6.07, 6.45) is -0.845. The minimum Gasteiger partial charge on any atom is -0.442 e. The standard InChI is InChI=1S/C17H17Cl2FN2O5S/c18-14(19)15(24)21-6-9-7-22(17(26)27-9)8-1-2-10(12(20)5-8)11-3-4-28-16(25)13(11)23/h1-5,9,11,13-14,16,23,25H,6-7H2,(H,21,24)/t9-,11?,13?,16?/m0/s1. The fourth-order valence-electron chi connectivity index (χ4n) is 2.95. The average molecular weight is 451 g/mol. The summed E-state index contributed by atoms with van der Waals surface area (Å²) >= 11 is 11.9. The molecule has 3 unspecified atom stereocenters. The first kappa shape index (κ1) is 21.2. The predicted octanol–water partition coefficient (Wildman–Crippen LogP) is 2.09. The molecule has 4 atom stereocenters. The van der Waals surface area contributed by atoms with Crippen molar-refractivity contribution in [2.45, 2.75) is 28.4 Å². The number of thioether (sulfide) groups is 1. The minimum absolute atomic E-state index is 0.0200. The van der Waals surface area contributed by atoms with E-state index >= 15 is 0 Å². The predicted molar refractivity (Wildman–Crippen MR) is 104 cm³/mol. The number of nitrogens with zero attached hydrogens (tertiary/aromatic N) is 1. The zero-order chi connectivity index (χ0) is 20.4. The lowest BCUT2D eigenvalue weighted by Crippen LogP contribution is -2.37. The van der Waals surface area contributed by atoms with E-state index in [9.17, 15) is 24.2 Å². The van der Waals surface area contributed by atoms with Gasteiger partial charge in [0.2, 0.25) is 0 Å². The van der Waals surface area contributed by atoms with Gasteiger partial charge in [0.1, 0.15) is 17.4 Å². The monoisotopic (exact) mass is 450 g/mol. The van der Waals surface area contributed by atoms with E-state index in [1.54, 1.807) is 11.5 Å². The molecule has 0 radical (unpaired) electrons. The van der Waals surface area contributed by atoms with Gasteiger partial charge in [-0.05, 0) is 23.1 Å². The second-order valence-electron chi connectivity index (χ2n) is 6.24. The molecular weight excluding hydrogens is 434 g/mol. The molecule has 1 fully saturated rings. The number of carbonyl (C=O) groups excluding carboxylic acids is 2. The number of amides is 2. The van der Waals surface area contributed by atoms with Gasteiger partial charge >= 0.3 is 6.09 Å². The van der Waals surface area contributed by atoms with Crippen LogP contribution in [0.2, 0.25) is 0 Å². The van der Waals surface area contributed by atoms with Crippen LogP contribution in [0.1, 0.15) is 11.5 Å². The highest BCUT2D eigenvalue weighted by molar-refractivity contribution is 8.02. The zero-order valence-corrected chi connectivity index (χ0v) is 16.6. The van der Waals surface area contributed by atoms with E-state index in [0.717, 1.165) is 11.8 Å². The maximum absolute atomic E-state index is 14.7. The van der Waals surface area contributed by atoms with Crippen molar-refractivity contribution in [1.82, 2.24) is 5.32 Å². The van der Waals surface area contributed by atoms with Gasteiger partial charge in [0.15, 0.2) is 4.84 Å². The quantitative estimate of drug-likeness (QED) is 0.594. The molecule has 0 aromatic heterocycles. The van der Waals surface area contributed by atoms with Crippen molar-refractivity contribution < 1.29 is 28.9 Å². The van der Waals surface area contributed by atoms with Crippen LogP contribution in [0.15, 0.2) is 29.7 Å². The molecule has 11 heteroatoms. The summed E-state index contributed by atoms with van der Waals surface area (Å²) in [7, 11) is 0. The summed E-state index contributed by atoms with van der Waals surface area (Å²) in [4.78, 5) is 23.5. The van der Waals surface area contributed by atoms with Crippen molar-refractivity contribution in [3.05, 3.63) is 41.1 Å². The number of halogens is 3. The lowest BCUT2D eigenvalue weighted by atomic mass is 9.92. The number of hydrogen-bond donors (Lipinski definition) is 3. The smallest absolute Gasteiger partial charge is 0.414 e. The molecule has 1 aromatic rings. The highest BCUT2D eigenvalue weighted by Crippen LogP contribution is 2.36. The van der Waals surface area contributed by atoms with Gasteiger partial charge in [-0.25, -0.2) is 9.18 Å². The number of ether oxygens (including phenoxy) is 1. The molecule has 7 nitrogen and oxygen atoms in total. The molecule has 0 bridgehead atoms. The molecule has 2 aliphatic rings. The van der Waals surface area contributed by atoms with Crippen LogP contribution < -0.4 is 10.2 Å². The maximum atomic E-state index is 14.7. The highest BCUT2D eigenvalue weighted by atomic mass is 35.5. The molecule has 0 saturated carbocycles. The molecule has 3 N–H and O–H groups in total. The Morgan fingerprint density at radius 1 is 1.43 bits per heavy atom. The number of aliphatic hydroxyl groups is 2. The normalized spacial score (nSPS) is 27.2. The van der Waals surface area contributed by atoms with E-state index in [1.807, 2.05) is 0 Å². The molecule has 0 aliphatic carbocycles. The Bertz CT molecular complexity index is 797. The molecular formula is C17H17Cl2FN2O5S. The van der Waals surface area contributed by atoms with Crippen molar-refractivity contribution in [3.8, 4) is 0 Å². The Balaban J connectivity index is 1.70. The van der Waals surface area contributed by atoms with Crippen LogP contribution in [0.4, 0.5) is 14.9 Å². The van der Waals surface area contributed by atoms with Gasteiger partial charge in [-0.1, -0.05) is 35.3 Å². The summed E-state index contributed by atoms with van der Waals surface area (Å²) < 4.78 is 19.8. The van der Waals surface area contributed by atoms with Gasteiger partial charge < -0.3 is 20.3 Å². The van der Waals surface area contributed by atoms with Crippen LogP contribution in [0.5, 0.6) is 0 Å². The molecule has 2 heterocycles. The van der Waals surface area contributed by atoms with E-state index in [2.05, 4.69) is 5.32 Å². The fraction of sp³-hybridized carbons (Fsp3) is 0.412. The minimum atomic E-state index is -1.23. The van der Waals surface area contributed by atoms with Gasteiger partial charge in [-0.2, -0.15) is 0 Å². The number of rotatable bonds is 5. The van der Waals surface area contributed by atoms with Gasteiger partial charge in [0.25, 0.3) is 5.91 Å². The summed E-state index contributed by atoms with van der Waals surface area (Å²) in [6, 6.07) is 4.16. The molecule has 1 saturated heterocycles. The topological polar surface area (TPSA) is 99.1 Å². The number of carbonyl (C=O) groups is 2. The van der Waals surface area contributed by atoms with E-state index in [0.29, 0.717) is 0 Å². The van der Waals surface area contributed by atoms with E-state index in [4.69, 9.17) is 27.9 Å². The Morgan fingerprint density at radius 2 is 2.18 bits per heavy atom. The number of nitrogens with one attached hydrogen (secondary N) is 1. The van der Waals surface area contributed by atoms with Crippen molar-refractivity contribution in [2.24, 2.45) is 0 Å². The first-order valence-electron chi connectivity index (χ1n) is 8.29. The third-order valence-electron chi connectivity index (χ3n) is 4.40. The molecule has 3 rings (SSSR count). The Labute approximate surface area is 174 Å². The molecule has 1 aromatic carbocycles. The molecule has 28 heavy (non-hydrogen) atoms. The third-order valence-corrected chi connectivity index (χ3v) is 5.66. The number of benzene rings is 1. The van der Waals surface area contributed by atoms with Crippen LogP contribution in [-0.4, -0.2) is 57.8 Å². The number of aliphatic hydroxyl groups excluding tert-OH is 2. The Kier molecular flexibility index (Phi) is 6.72. The molecule has 2 aliphatic heterocycles. The molecule has 2 amide bonds. The Morgan fingerprint density at radius 3 is 2.86 bits per heavy atom. The van der Waals surface area contributed by atoms with Crippen molar-refractivity contribution in [1.29, 1.82) is 0 Å². The lowest BCUT2D eigenvalue weighted by Gasteiger charge is -2.28. The van der Waals surface area contributed by atoms with Crippen molar-refractivity contribution in [2.75, 3.05) is 18.0 Å². The SMILES string of the molecule is O=C(NC[C@H]1CN(c2ccc(C3C=CSC(O)C3O)c(F)c2)C(=O)O1)C(Cl)Cl. The van der Waals surface area contributed by atoms with Crippen LogP contribution in [-0.2, 0) is 9.53 Å². The second-order valence-corrected chi connectivity index (χ2v) is 8.36. The Hall–Kier alpha value is -1.52. The maximum Gasteiger partial charge on any atom is 0.414 e. The van der Waals surface area contributed by atoms with Crippen molar-refractivity contribution >= 4 is 52.7 Å². The summed E-state index contributed by atoms with van der Waals surface area (Å²) in [5, 5.41) is 23.9. The average Bonchev–Trinajstić information content (AvgIpc) is 3.03. The highest BCUT2D eigenvalue weighted by Gasteiger charge is 2.34. The third kappa shape index (κ3) is 4.55.